The van der Waals surface area contributed by atoms with Crippen molar-refractivity contribution in [2.75, 3.05) is 12.8 Å². The second-order valence-corrected chi connectivity index (χ2v) is 6.09. The van der Waals surface area contributed by atoms with E-state index in [9.17, 15) is 4.39 Å². The number of nitrogens with zero attached hydrogens (tertiary/aromatic N) is 2. The summed E-state index contributed by atoms with van der Waals surface area (Å²) in [5.74, 6) is 0.290. The number of methoxy groups -OCH3 is 1. The molecule has 4 nitrogen and oxygen atoms in total. The van der Waals surface area contributed by atoms with E-state index in [0.29, 0.717) is 16.9 Å². The van der Waals surface area contributed by atoms with Crippen molar-refractivity contribution in [2.24, 2.45) is 5.41 Å². The summed E-state index contributed by atoms with van der Waals surface area (Å²) in [5.41, 5.74) is 7.82. The molecular weight excluding hydrogens is 269 g/mol. The van der Waals surface area contributed by atoms with Gasteiger partial charge in [0.2, 0.25) is 5.95 Å². The van der Waals surface area contributed by atoms with E-state index in [1.807, 2.05) is 4.57 Å². The van der Waals surface area contributed by atoms with Gasteiger partial charge in [0.1, 0.15) is 0 Å². The molecule has 114 valence electrons. The van der Waals surface area contributed by atoms with Gasteiger partial charge < -0.3 is 15.0 Å². The molecule has 21 heavy (non-hydrogen) atoms. The molecule has 0 atom stereocenters. The molecule has 1 aromatic heterocycles. The Morgan fingerprint density at radius 3 is 2.71 bits per heavy atom. The van der Waals surface area contributed by atoms with E-state index in [4.69, 9.17) is 10.5 Å². The zero-order valence-electron chi connectivity index (χ0n) is 12.7. The Labute approximate surface area is 124 Å². The summed E-state index contributed by atoms with van der Waals surface area (Å²) in [4.78, 5) is 4.30. The van der Waals surface area contributed by atoms with Gasteiger partial charge in [-0.2, -0.15) is 0 Å². The summed E-state index contributed by atoms with van der Waals surface area (Å²) < 4.78 is 20.9. The maximum atomic E-state index is 13.8. The van der Waals surface area contributed by atoms with Crippen LogP contribution < -0.4 is 10.5 Å². The molecule has 1 heterocycles. The number of fused-ring (bicyclic) bond motifs is 1. The fourth-order valence-corrected chi connectivity index (χ4v) is 3.55. The number of hydrogen-bond donors (Lipinski definition) is 1. The maximum absolute atomic E-state index is 13.8. The Hall–Kier alpha value is -1.78. The molecule has 0 bridgehead atoms. The molecular formula is C16H22FN3O. The third-order valence-electron chi connectivity index (χ3n) is 4.96. The second kappa shape index (κ2) is 5.20. The first kappa shape index (κ1) is 14.2. The summed E-state index contributed by atoms with van der Waals surface area (Å²) in [6.45, 7) is 3.08. The fraction of sp³-hybridized carbons (Fsp3) is 0.562. The number of aromatic nitrogens is 2. The highest BCUT2D eigenvalue weighted by molar-refractivity contribution is 5.80. The van der Waals surface area contributed by atoms with E-state index < -0.39 is 5.82 Å². The van der Waals surface area contributed by atoms with E-state index in [-0.39, 0.29) is 5.75 Å². The van der Waals surface area contributed by atoms with Gasteiger partial charge in [0.05, 0.1) is 18.1 Å². The molecule has 2 N–H and O–H groups in total. The third-order valence-corrected chi connectivity index (χ3v) is 4.96. The van der Waals surface area contributed by atoms with E-state index in [2.05, 4.69) is 11.9 Å². The topological polar surface area (TPSA) is 53.1 Å². The van der Waals surface area contributed by atoms with E-state index in [1.54, 1.807) is 6.07 Å². The van der Waals surface area contributed by atoms with Crippen LogP contribution in [0.3, 0.4) is 0 Å². The van der Waals surface area contributed by atoms with Gasteiger partial charge in [-0.05, 0) is 24.7 Å². The number of ether oxygens (including phenoxy) is 1. The molecule has 1 aliphatic carbocycles. The number of anilines is 1. The number of halogens is 1. The lowest BCUT2D eigenvalue weighted by Gasteiger charge is -2.28. The lowest BCUT2D eigenvalue weighted by molar-refractivity contribution is 0.242. The minimum Gasteiger partial charge on any atom is -0.494 e. The first-order valence-electron chi connectivity index (χ1n) is 7.58. The molecule has 1 aliphatic rings. The van der Waals surface area contributed by atoms with Crippen molar-refractivity contribution >= 4 is 17.0 Å². The highest BCUT2D eigenvalue weighted by Gasteiger charge is 2.33. The number of benzene rings is 1. The van der Waals surface area contributed by atoms with Gasteiger partial charge in [0.15, 0.2) is 11.6 Å². The zero-order chi connectivity index (χ0) is 15.0. The van der Waals surface area contributed by atoms with E-state index in [0.717, 1.165) is 18.5 Å². The summed E-state index contributed by atoms with van der Waals surface area (Å²) in [6, 6.07) is 3.10. The van der Waals surface area contributed by atoms with Crippen molar-refractivity contribution in [1.29, 1.82) is 0 Å². The van der Waals surface area contributed by atoms with Crippen LogP contribution in [0.1, 0.15) is 39.0 Å². The summed E-state index contributed by atoms with van der Waals surface area (Å²) in [5, 5.41) is 0. The van der Waals surface area contributed by atoms with Gasteiger partial charge in [-0.15, -0.1) is 0 Å². The quantitative estimate of drug-likeness (QED) is 0.933. The van der Waals surface area contributed by atoms with Crippen molar-refractivity contribution in [3.63, 3.8) is 0 Å². The number of imidazole rings is 1. The molecule has 3 rings (SSSR count). The van der Waals surface area contributed by atoms with Gasteiger partial charge in [-0.25, -0.2) is 9.37 Å². The number of nitrogens with two attached hydrogens (primary N) is 1. The first-order valence-corrected chi connectivity index (χ1v) is 7.58. The van der Waals surface area contributed by atoms with Crippen LogP contribution in [0.4, 0.5) is 10.3 Å². The van der Waals surface area contributed by atoms with Crippen LogP contribution in [-0.2, 0) is 6.54 Å². The summed E-state index contributed by atoms with van der Waals surface area (Å²) in [6.07, 6.45) is 6.13. The van der Waals surface area contributed by atoms with Crippen LogP contribution in [0.25, 0.3) is 11.0 Å². The Bertz CT molecular complexity index is 659. The van der Waals surface area contributed by atoms with Crippen LogP contribution in [0.15, 0.2) is 12.1 Å². The highest BCUT2D eigenvalue weighted by Crippen LogP contribution is 2.43. The standard InChI is InChI=1S/C16H22FN3O/c1-3-16(6-4-5-7-16)10-20-13-9-14(21-2)11(17)8-12(13)19-15(20)18/h8-9H,3-7,10H2,1-2H3,(H2,18,19). The first-order chi connectivity index (χ1) is 10.1. The molecule has 1 saturated carbocycles. The average molecular weight is 291 g/mol. The maximum Gasteiger partial charge on any atom is 0.201 e. The Kier molecular flexibility index (Phi) is 3.51. The molecule has 1 aromatic carbocycles. The van der Waals surface area contributed by atoms with Crippen molar-refractivity contribution in [2.45, 2.75) is 45.6 Å². The molecule has 0 amide bonds. The van der Waals surface area contributed by atoms with E-state index >= 15 is 0 Å². The van der Waals surface area contributed by atoms with Crippen LogP contribution in [0, 0.1) is 11.2 Å². The Morgan fingerprint density at radius 1 is 1.38 bits per heavy atom. The van der Waals surface area contributed by atoms with Crippen molar-refractivity contribution in [1.82, 2.24) is 9.55 Å². The molecule has 0 aliphatic heterocycles. The largest absolute Gasteiger partial charge is 0.494 e. The van der Waals surface area contributed by atoms with Gasteiger partial charge in [-0.1, -0.05) is 19.8 Å². The van der Waals surface area contributed by atoms with Gasteiger partial charge >= 0.3 is 0 Å². The minimum absolute atomic E-state index is 0.237. The van der Waals surface area contributed by atoms with Crippen LogP contribution in [0.2, 0.25) is 0 Å². The van der Waals surface area contributed by atoms with Gasteiger partial charge in [0, 0.05) is 18.7 Å². The van der Waals surface area contributed by atoms with E-state index in [1.165, 1.54) is 38.9 Å². The normalized spacial score (nSPS) is 17.5. The lowest BCUT2D eigenvalue weighted by Crippen LogP contribution is -2.23. The smallest absolute Gasteiger partial charge is 0.201 e. The fourth-order valence-electron chi connectivity index (χ4n) is 3.55. The third kappa shape index (κ3) is 2.34. The van der Waals surface area contributed by atoms with Crippen LogP contribution >= 0.6 is 0 Å². The highest BCUT2D eigenvalue weighted by atomic mass is 19.1. The predicted molar refractivity (Wildman–Crippen MR) is 81.8 cm³/mol. The zero-order valence-corrected chi connectivity index (χ0v) is 12.7. The Balaban J connectivity index is 2.07. The van der Waals surface area contributed by atoms with Crippen LogP contribution in [-0.4, -0.2) is 16.7 Å². The lowest BCUT2D eigenvalue weighted by atomic mass is 9.83. The van der Waals surface area contributed by atoms with Gasteiger partial charge in [0.25, 0.3) is 0 Å². The predicted octanol–water partition coefficient (Wildman–Crippen LogP) is 3.74. The summed E-state index contributed by atoms with van der Waals surface area (Å²) in [7, 11) is 1.47. The molecule has 1 fully saturated rings. The second-order valence-electron chi connectivity index (χ2n) is 6.09. The van der Waals surface area contributed by atoms with Crippen molar-refractivity contribution < 1.29 is 9.13 Å². The molecule has 2 aromatic rings. The number of nitrogen functional groups attached to an aromatic ring is 1. The van der Waals surface area contributed by atoms with Crippen molar-refractivity contribution in [3.8, 4) is 5.75 Å². The molecule has 0 saturated heterocycles. The molecule has 0 radical (unpaired) electrons. The summed E-state index contributed by atoms with van der Waals surface area (Å²) >= 11 is 0. The molecule has 5 heteroatoms. The SMILES string of the molecule is CCC1(Cn2c(N)nc3cc(F)c(OC)cc32)CCCC1. The minimum atomic E-state index is -0.402. The van der Waals surface area contributed by atoms with Crippen molar-refractivity contribution in [3.05, 3.63) is 17.9 Å². The molecule has 0 spiro atoms. The Morgan fingerprint density at radius 2 is 2.10 bits per heavy atom. The van der Waals surface area contributed by atoms with Crippen LogP contribution in [0.5, 0.6) is 5.75 Å². The molecule has 0 unspecified atom stereocenters. The number of rotatable bonds is 4. The average Bonchev–Trinajstić information content (AvgIpc) is 3.05. The number of hydrogen-bond acceptors (Lipinski definition) is 3. The van der Waals surface area contributed by atoms with Gasteiger partial charge in [-0.3, -0.25) is 0 Å². The monoisotopic (exact) mass is 291 g/mol.